The highest BCUT2D eigenvalue weighted by Crippen LogP contribution is 2.11. The molecule has 1 atom stereocenters. The maximum Gasteiger partial charge on any atom is 0.251 e. The van der Waals surface area contributed by atoms with Crippen molar-refractivity contribution in [2.24, 2.45) is 11.1 Å². The third kappa shape index (κ3) is 6.27. The van der Waals surface area contributed by atoms with Crippen molar-refractivity contribution < 1.29 is 13.2 Å². The van der Waals surface area contributed by atoms with Gasteiger partial charge in [0.2, 0.25) is 10.0 Å². The molecule has 1 aromatic carbocycles. The molecule has 1 aromatic rings. The zero-order valence-electron chi connectivity index (χ0n) is 12.8. The van der Waals surface area contributed by atoms with Crippen LogP contribution in [0.25, 0.3) is 0 Å². The van der Waals surface area contributed by atoms with E-state index in [1.165, 1.54) is 24.3 Å². The van der Waals surface area contributed by atoms with Gasteiger partial charge in [-0.25, -0.2) is 13.6 Å². The predicted molar refractivity (Wildman–Crippen MR) is 83.4 cm³/mol. The van der Waals surface area contributed by atoms with E-state index < -0.39 is 10.0 Å². The Morgan fingerprint density at radius 1 is 1.14 bits per heavy atom. The number of nitrogens with one attached hydrogen (secondary N) is 1. The van der Waals surface area contributed by atoms with E-state index in [4.69, 9.17) is 5.14 Å². The van der Waals surface area contributed by atoms with Crippen LogP contribution < -0.4 is 10.5 Å². The Labute approximate surface area is 127 Å². The molecule has 0 aliphatic carbocycles. The van der Waals surface area contributed by atoms with Crippen molar-refractivity contribution in [2.45, 2.75) is 51.0 Å². The fourth-order valence-electron chi connectivity index (χ4n) is 2.01. The van der Waals surface area contributed by atoms with Crippen molar-refractivity contribution in [1.82, 2.24) is 5.32 Å². The Kier molecular flexibility index (Phi) is 6.36. The van der Waals surface area contributed by atoms with Gasteiger partial charge < -0.3 is 5.32 Å². The SMILES string of the molecule is CC(C)CCCC(C)NC(=O)c1ccc(S(N)(=O)=O)cc1. The lowest BCUT2D eigenvalue weighted by molar-refractivity contribution is 0.0937. The van der Waals surface area contributed by atoms with Crippen molar-refractivity contribution in [1.29, 1.82) is 0 Å². The van der Waals surface area contributed by atoms with Crippen molar-refractivity contribution in [2.75, 3.05) is 0 Å². The van der Waals surface area contributed by atoms with Gasteiger partial charge in [-0.05, 0) is 43.5 Å². The minimum absolute atomic E-state index is 0.00373. The summed E-state index contributed by atoms with van der Waals surface area (Å²) >= 11 is 0. The molecule has 0 aromatic heterocycles. The van der Waals surface area contributed by atoms with Gasteiger partial charge in [-0.2, -0.15) is 0 Å². The Morgan fingerprint density at radius 3 is 2.19 bits per heavy atom. The standard InChI is InChI=1S/C15H24N2O3S/c1-11(2)5-4-6-12(3)17-15(18)13-7-9-14(10-8-13)21(16,19)20/h7-12H,4-6H2,1-3H3,(H,17,18)(H2,16,19,20). The minimum atomic E-state index is -3.72. The van der Waals surface area contributed by atoms with Crippen LogP contribution in [0.5, 0.6) is 0 Å². The second kappa shape index (κ2) is 7.56. The van der Waals surface area contributed by atoms with Crippen LogP contribution in [0.3, 0.4) is 0 Å². The largest absolute Gasteiger partial charge is 0.350 e. The molecule has 0 saturated carbocycles. The monoisotopic (exact) mass is 312 g/mol. The molecular weight excluding hydrogens is 288 g/mol. The van der Waals surface area contributed by atoms with E-state index >= 15 is 0 Å². The van der Waals surface area contributed by atoms with Crippen LogP contribution in [-0.2, 0) is 10.0 Å². The first-order valence-corrected chi connectivity index (χ1v) is 8.68. The van der Waals surface area contributed by atoms with E-state index in [2.05, 4.69) is 19.2 Å². The van der Waals surface area contributed by atoms with Crippen LogP contribution in [-0.4, -0.2) is 20.4 Å². The Morgan fingerprint density at radius 2 is 1.71 bits per heavy atom. The summed E-state index contributed by atoms with van der Waals surface area (Å²) in [4.78, 5) is 12.0. The number of hydrogen-bond acceptors (Lipinski definition) is 3. The maximum atomic E-state index is 12.0. The summed E-state index contributed by atoms with van der Waals surface area (Å²) in [7, 11) is -3.72. The van der Waals surface area contributed by atoms with Gasteiger partial charge in [0.15, 0.2) is 0 Å². The molecule has 3 N–H and O–H groups in total. The highest BCUT2D eigenvalue weighted by atomic mass is 32.2. The lowest BCUT2D eigenvalue weighted by atomic mass is 10.0. The third-order valence-corrected chi connectivity index (χ3v) is 4.17. The van der Waals surface area contributed by atoms with E-state index in [1.807, 2.05) is 6.92 Å². The summed E-state index contributed by atoms with van der Waals surface area (Å²) in [6.07, 6.45) is 3.14. The molecule has 0 saturated heterocycles. The Hall–Kier alpha value is -1.40. The van der Waals surface area contributed by atoms with Crippen LogP contribution in [0, 0.1) is 5.92 Å². The highest BCUT2D eigenvalue weighted by Gasteiger charge is 2.12. The second-order valence-electron chi connectivity index (χ2n) is 5.77. The van der Waals surface area contributed by atoms with Gasteiger partial charge in [0.05, 0.1) is 4.90 Å². The average Bonchev–Trinajstić information content (AvgIpc) is 2.37. The Bertz CT molecular complexity index is 565. The fourth-order valence-corrected chi connectivity index (χ4v) is 2.52. The lowest BCUT2D eigenvalue weighted by Crippen LogP contribution is -2.32. The summed E-state index contributed by atoms with van der Waals surface area (Å²) in [5.41, 5.74) is 0.429. The average molecular weight is 312 g/mol. The van der Waals surface area contributed by atoms with Gasteiger partial charge in [-0.15, -0.1) is 0 Å². The number of sulfonamides is 1. The molecule has 21 heavy (non-hydrogen) atoms. The second-order valence-corrected chi connectivity index (χ2v) is 7.33. The number of primary sulfonamides is 1. The van der Waals surface area contributed by atoms with Gasteiger partial charge in [-0.1, -0.05) is 26.7 Å². The molecule has 1 unspecified atom stereocenters. The maximum absolute atomic E-state index is 12.0. The normalized spacial score (nSPS) is 13.2. The molecular formula is C15H24N2O3S. The molecule has 118 valence electrons. The third-order valence-electron chi connectivity index (χ3n) is 3.24. The number of nitrogens with two attached hydrogens (primary N) is 1. The van der Waals surface area contributed by atoms with Gasteiger partial charge in [0, 0.05) is 11.6 Å². The summed E-state index contributed by atoms with van der Waals surface area (Å²) in [6, 6.07) is 5.71. The first-order valence-electron chi connectivity index (χ1n) is 7.14. The van der Waals surface area contributed by atoms with E-state index in [0.29, 0.717) is 11.5 Å². The molecule has 5 nitrogen and oxygen atoms in total. The summed E-state index contributed by atoms with van der Waals surface area (Å²) in [5.74, 6) is 0.465. The fraction of sp³-hybridized carbons (Fsp3) is 0.533. The summed E-state index contributed by atoms with van der Waals surface area (Å²) in [6.45, 7) is 6.32. The predicted octanol–water partition coefficient (Wildman–Crippen LogP) is 2.28. The topological polar surface area (TPSA) is 89.3 Å². The van der Waals surface area contributed by atoms with Crippen LogP contribution in [0.15, 0.2) is 29.2 Å². The molecule has 0 aliphatic heterocycles. The summed E-state index contributed by atoms with van der Waals surface area (Å²) < 4.78 is 22.3. The molecule has 1 rings (SSSR count). The van der Waals surface area contributed by atoms with Crippen molar-refractivity contribution in [3.8, 4) is 0 Å². The first kappa shape index (κ1) is 17.7. The van der Waals surface area contributed by atoms with Gasteiger partial charge in [0.1, 0.15) is 0 Å². The molecule has 0 fully saturated rings. The Balaban J connectivity index is 2.56. The van der Waals surface area contributed by atoms with Crippen LogP contribution in [0.2, 0.25) is 0 Å². The minimum Gasteiger partial charge on any atom is -0.350 e. The van der Waals surface area contributed by atoms with Gasteiger partial charge in [0.25, 0.3) is 5.91 Å². The van der Waals surface area contributed by atoms with E-state index in [9.17, 15) is 13.2 Å². The van der Waals surface area contributed by atoms with Gasteiger partial charge >= 0.3 is 0 Å². The molecule has 0 bridgehead atoms. The van der Waals surface area contributed by atoms with Gasteiger partial charge in [-0.3, -0.25) is 4.79 Å². The first-order chi connectivity index (χ1) is 9.70. The number of carbonyl (C=O) groups is 1. The number of amides is 1. The molecule has 0 spiro atoms. The van der Waals surface area contributed by atoms with Crippen LogP contribution >= 0.6 is 0 Å². The van der Waals surface area contributed by atoms with Crippen molar-refractivity contribution in [3.05, 3.63) is 29.8 Å². The van der Waals surface area contributed by atoms with Crippen LogP contribution in [0.4, 0.5) is 0 Å². The zero-order chi connectivity index (χ0) is 16.0. The molecule has 0 aliphatic rings. The lowest BCUT2D eigenvalue weighted by Gasteiger charge is -2.14. The quantitative estimate of drug-likeness (QED) is 0.809. The molecule has 1 amide bonds. The number of carbonyl (C=O) groups excluding carboxylic acids is 1. The molecule has 0 radical (unpaired) electrons. The van der Waals surface area contributed by atoms with Crippen molar-refractivity contribution >= 4 is 15.9 Å². The van der Waals surface area contributed by atoms with Crippen molar-refractivity contribution in [3.63, 3.8) is 0 Å². The smallest absolute Gasteiger partial charge is 0.251 e. The number of rotatable bonds is 7. The number of benzene rings is 1. The zero-order valence-corrected chi connectivity index (χ0v) is 13.6. The van der Waals surface area contributed by atoms with Crippen LogP contribution in [0.1, 0.15) is 50.4 Å². The molecule has 0 heterocycles. The highest BCUT2D eigenvalue weighted by molar-refractivity contribution is 7.89. The molecule has 6 heteroatoms. The number of hydrogen-bond donors (Lipinski definition) is 2. The van der Waals surface area contributed by atoms with E-state index in [0.717, 1.165) is 19.3 Å². The van der Waals surface area contributed by atoms with E-state index in [1.54, 1.807) is 0 Å². The van der Waals surface area contributed by atoms with E-state index in [-0.39, 0.29) is 16.8 Å². The summed E-state index contributed by atoms with van der Waals surface area (Å²) in [5, 5.41) is 7.92.